The van der Waals surface area contributed by atoms with E-state index in [0.29, 0.717) is 17.1 Å². The van der Waals surface area contributed by atoms with Gasteiger partial charge in [0.15, 0.2) is 0 Å². The number of rotatable bonds is 13. The third-order valence-electron chi connectivity index (χ3n) is 6.39. The molecule has 0 bridgehead atoms. The van der Waals surface area contributed by atoms with Crippen LogP contribution in [0.1, 0.15) is 43.4 Å². The summed E-state index contributed by atoms with van der Waals surface area (Å²) in [5, 5.41) is 3.41. The van der Waals surface area contributed by atoms with Gasteiger partial charge >= 0.3 is 0 Å². The Hall–Kier alpha value is -3.36. The van der Waals surface area contributed by atoms with Crippen molar-refractivity contribution in [2.45, 2.75) is 58.7 Å². The van der Waals surface area contributed by atoms with E-state index in [0.717, 1.165) is 22.9 Å². The molecule has 3 aromatic carbocycles. The van der Waals surface area contributed by atoms with Crippen molar-refractivity contribution < 1.29 is 18.0 Å². The van der Waals surface area contributed by atoms with Crippen LogP contribution in [0, 0.1) is 6.92 Å². The van der Waals surface area contributed by atoms with Gasteiger partial charge in [-0.15, -0.1) is 0 Å². The predicted molar refractivity (Wildman–Crippen MR) is 162 cm³/mol. The first-order chi connectivity index (χ1) is 18.9. The van der Waals surface area contributed by atoms with Crippen LogP contribution in [0.2, 0.25) is 5.02 Å². The summed E-state index contributed by atoms with van der Waals surface area (Å²) >= 11 is 6.10. The molecule has 0 aliphatic carbocycles. The zero-order valence-corrected chi connectivity index (χ0v) is 25.1. The fraction of sp³-hybridized carbons (Fsp3) is 0.355. The van der Waals surface area contributed by atoms with Crippen LogP contribution in [0.3, 0.4) is 0 Å². The van der Waals surface area contributed by atoms with Gasteiger partial charge in [-0.3, -0.25) is 13.9 Å². The lowest BCUT2D eigenvalue weighted by Crippen LogP contribution is -2.51. The largest absolute Gasteiger partial charge is 0.352 e. The molecular weight excluding hydrogens is 546 g/mol. The van der Waals surface area contributed by atoms with Crippen molar-refractivity contribution in [2.75, 3.05) is 17.1 Å². The van der Waals surface area contributed by atoms with Crippen LogP contribution < -0.4 is 9.62 Å². The van der Waals surface area contributed by atoms with Crippen molar-refractivity contribution in [3.05, 3.63) is 101 Å². The minimum Gasteiger partial charge on any atom is -0.352 e. The molecular formula is C31H38ClN3O4S. The third-order valence-corrected chi connectivity index (χ3v) is 7.81. The Morgan fingerprint density at radius 2 is 1.60 bits per heavy atom. The van der Waals surface area contributed by atoms with Crippen molar-refractivity contribution in [1.29, 1.82) is 0 Å². The maximum atomic E-state index is 13.8. The van der Waals surface area contributed by atoms with Gasteiger partial charge in [-0.2, -0.15) is 0 Å². The van der Waals surface area contributed by atoms with Gasteiger partial charge in [-0.1, -0.05) is 77.8 Å². The van der Waals surface area contributed by atoms with Gasteiger partial charge in [0.2, 0.25) is 21.8 Å². The molecule has 0 saturated carbocycles. The first-order valence-corrected chi connectivity index (χ1v) is 15.6. The van der Waals surface area contributed by atoms with E-state index in [1.165, 1.54) is 4.31 Å². The Kier molecular flexibility index (Phi) is 11.2. The average Bonchev–Trinajstić information content (AvgIpc) is 2.88. The van der Waals surface area contributed by atoms with Crippen molar-refractivity contribution in [2.24, 2.45) is 0 Å². The summed E-state index contributed by atoms with van der Waals surface area (Å²) in [7, 11) is -3.60. The maximum Gasteiger partial charge on any atom is 0.243 e. The lowest BCUT2D eigenvalue weighted by molar-refractivity contribution is -0.141. The average molecular weight is 584 g/mol. The lowest BCUT2D eigenvalue weighted by atomic mass is 10.0. The Balaban J connectivity index is 1.88. The molecule has 0 saturated heterocycles. The van der Waals surface area contributed by atoms with E-state index in [-0.39, 0.29) is 43.8 Å². The van der Waals surface area contributed by atoms with E-state index < -0.39 is 16.1 Å². The topological polar surface area (TPSA) is 86.8 Å². The molecule has 1 unspecified atom stereocenters. The summed E-state index contributed by atoms with van der Waals surface area (Å²) in [5.74, 6) is -0.447. The second-order valence-electron chi connectivity index (χ2n) is 10.3. The molecule has 7 nitrogen and oxygen atoms in total. The highest BCUT2D eigenvalue weighted by atomic mass is 35.5. The van der Waals surface area contributed by atoms with Crippen LogP contribution >= 0.6 is 11.6 Å². The highest BCUT2D eigenvalue weighted by Gasteiger charge is 2.31. The van der Waals surface area contributed by atoms with E-state index in [1.807, 2.05) is 75.4 Å². The molecule has 3 aromatic rings. The Bertz CT molecular complexity index is 1400. The molecule has 3 rings (SSSR count). The van der Waals surface area contributed by atoms with Crippen molar-refractivity contribution in [1.82, 2.24) is 10.2 Å². The summed E-state index contributed by atoms with van der Waals surface area (Å²) in [5.41, 5.74) is 3.36. The van der Waals surface area contributed by atoms with Gasteiger partial charge in [0.25, 0.3) is 0 Å². The molecule has 2 amide bonds. The van der Waals surface area contributed by atoms with Gasteiger partial charge in [0.1, 0.15) is 6.04 Å². The predicted octanol–water partition coefficient (Wildman–Crippen LogP) is 5.36. The van der Waals surface area contributed by atoms with Gasteiger partial charge < -0.3 is 10.2 Å². The molecule has 0 fully saturated rings. The molecule has 0 spiro atoms. The Morgan fingerprint density at radius 1 is 0.925 bits per heavy atom. The van der Waals surface area contributed by atoms with Crippen LogP contribution in [0.5, 0.6) is 0 Å². The monoisotopic (exact) mass is 583 g/mol. The van der Waals surface area contributed by atoms with Crippen LogP contribution in [0.15, 0.2) is 78.9 Å². The normalized spacial score (nSPS) is 12.2. The smallest absolute Gasteiger partial charge is 0.243 e. The number of sulfonamides is 1. The quantitative estimate of drug-likeness (QED) is 0.293. The SMILES string of the molecule is Cc1cccc(CN(C(=O)CCCN(c2cccc(Cl)c2)S(C)(=O)=O)C(Cc2ccccc2)C(=O)NC(C)C)c1. The van der Waals surface area contributed by atoms with Crippen molar-refractivity contribution >= 4 is 39.1 Å². The molecule has 0 radical (unpaired) electrons. The number of anilines is 1. The zero-order chi connectivity index (χ0) is 29.3. The van der Waals surface area contributed by atoms with Crippen molar-refractivity contribution in [3.8, 4) is 0 Å². The maximum absolute atomic E-state index is 13.8. The van der Waals surface area contributed by atoms with E-state index in [4.69, 9.17) is 11.6 Å². The number of carbonyl (C=O) groups excluding carboxylic acids is 2. The molecule has 9 heteroatoms. The molecule has 0 heterocycles. The highest BCUT2D eigenvalue weighted by Crippen LogP contribution is 2.23. The van der Waals surface area contributed by atoms with E-state index in [1.54, 1.807) is 29.2 Å². The molecule has 0 aliphatic heterocycles. The second-order valence-corrected chi connectivity index (χ2v) is 12.6. The molecule has 214 valence electrons. The highest BCUT2D eigenvalue weighted by molar-refractivity contribution is 7.92. The second kappa shape index (κ2) is 14.3. The van der Waals surface area contributed by atoms with Crippen LogP contribution in [-0.2, 0) is 32.6 Å². The number of halogens is 1. The zero-order valence-electron chi connectivity index (χ0n) is 23.5. The molecule has 1 atom stereocenters. The molecule has 0 aromatic heterocycles. The summed E-state index contributed by atoms with van der Waals surface area (Å²) in [4.78, 5) is 28.9. The fourth-order valence-electron chi connectivity index (χ4n) is 4.58. The summed E-state index contributed by atoms with van der Waals surface area (Å²) in [6.07, 6.45) is 1.83. The summed E-state index contributed by atoms with van der Waals surface area (Å²) < 4.78 is 26.4. The van der Waals surface area contributed by atoms with Crippen LogP contribution in [0.4, 0.5) is 5.69 Å². The fourth-order valence-corrected chi connectivity index (χ4v) is 5.72. The Labute approximate surface area is 243 Å². The lowest BCUT2D eigenvalue weighted by Gasteiger charge is -2.32. The number of benzene rings is 3. The summed E-state index contributed by atoms with van der Waals surface area (Å²) in [6.45, 7) is 6.12. The number of carbonyl (C=O) groups is 2. The molecule has 40 heavy (non-hydrogen) atoms. The summed E-state index contributed by atoms with van der Waals surface area (Å²) in [6, 6.07) is 23.3. The standard InChI is InChI=1S/C31H38ClN3O4S/c1-23(2)33-31(37)29(20-25-12-6-5-7-13-25)34(22-26-14-8-11-24(3)19-26)30(36)17-10-18-35(40(4,38)39)28-16-9-15-27(32)21-28/h5-9,11-16,19,21,23,29H,10,17-18,20,22H2,1-4H3,(H,33,37). The molecule has 1 N–H and O–H groups in total. The van der Waals surface area contributed by atoms with Gasteiger partial charge in [-0.05, 0) is 56.5 Å². The minimum atomic E-state index is -3.60. The number of hydrogen-bond acceptors (Lipinski definition) is 4. The van der Waals surface area contributed by atoms with Gasteiger partial charge in [-0.25, -0.2) is 8.42 Å². The number of amides is 2. The first kappa shape index (κ1) is 31.2. The number of aryl methyl sites for hydroxylation is 1. The minimum absolute atomic E-state index is 0.0681. The number of hydrogen-bond donors (Lipinski definition) is 1. The van der Waals surface area contributed by atoms with Crippen LogP contribution in [0.25, 0.3) is 0 Å². The van der Waals surface area contributed by atoms with E-state index in [9.17, 15) is 18.0 Å². The van der Waals surface area contributed by atoms with Gasteiger partial charge in [0, 0.05) is 37.0 Å². The molecule has 0 aliphatic rings. The van der Waals surface area contributed by atoms with E-state index >= 15 is 0 Å². The third kappa shape index (κ3) is 9.38. The first-order valence-electron chi connectivity index (χ1n) is 13.4. The van der Waals surface area contributed by atoms with Crippen molar-refractivity contribution in [3.63, 3.8) is 0 Å². The van der Waals surface area contributed by atoms with Crippen LogP contribution in [-0.4, -0.2) is 50.0 Å². The van der Waals surface area contributed by atoms with Gasteiger partial charge in [0.05, 0.1) is 11.9 Å². The Morgan fingerprint density at radius 3 is 2.23 bits per heavy atom. The number of nitrogens with zero attached hydrogens (tertiary/aromatic N) is 2. The number of nitrogens with one attached hydrogen (secondary N) is 1. The van der Waals surface area contributed by atoms with E-state index in [2.05, 4.69) is 5.32 Å².